The van der Waals surface area contributed by atoms with Crippen LogP contribution in [0.5, 0.6) is 0 Å². The first-order valence-electron chi connectivity index (χ1n) is 5.43. The van der Waals surface area contributed by atoms with Crippen LogP contribution in [-0.4, -0.2) is 32.2 Å². The van der Waals surface area contributed by atoms with E-state index in [0.717, 1.165) is 25.2 Å². The zero-order chi connectivity index (χ0) is 12.3. The molecule has 1 heterocycles. The van der Waals surface area contributed by atoms with Crippen LogP contribution in [0.3, 0.4) is 0 Å². The lowest BCUT2D eigenvalue weighted by Gasteiger charge is -2.29. The molecule has 1 aromatic carbocycles. The molecule has 1 amide bonds. The fourth-order valence-corrected chi connectivity index (χ4v) is 1.80. The van der Waals surface area contributed by atoms with Crippen molar-refractivity contribution in [3.63, 3.8) is 0 Å². The number of primary amides is 1. The van der Waals surface area contributed by atoms with E-state index in [4.69, 9.17) is 10.5 Å². The minimum Gasteiger partial charge on any atom is -0.378 e. The highest BCUT2D eigenvalue weighted by Gasteiger charge is 2.13. The normalized spacial score (nSPS) is 15.9. The van der Waals surface area contributed by atoms with Gasteiger partial charge in [-0.2, -0.15) is 0 Å². The van der Waals surface area contributed by atoms with Crippen LogP contribution in [-0.2, 0) is 9.53 Å². The number of nitrogens with two attached hydrogens (primary N) is 1. The Hall–Kier alpha value is -1.62. The van der Waals surface area contributed by atoms with Crippen molar-refractivity contribution in [2.45, 2.75) is 0 Å². The second-order valence-electron chi connectivity index (χ2n) is 3.85. The highest BCUT2D eigenvalue weighted by atomic mass is 19.1. The van der Waals surface area contributed by atoms with Crippen LogP contribution in [0.2, 0.25) is 0 Å². The van der Waals surface area contributed by atoms with Gasteiger partial charge in [-0.05, 0) is 12.1 Å². The maximum atomic E-state index is 13.7. The van der Waals surface area contributed by atoms with Crippen molar-refractivity contribution < 1.29 is 13.9 Å². The Labute approximate surface area is 99.2 Å². The summed E-state index contributed by atoms with van der Waals surface area (Å²) in [5.74, 6) is -1.09. The molecule has 1 aliphatic heterocycles. The first-order valence-corrected chi connectivity index (χ1v) is 5.43. The average Bonchev–Trinajstić information content (AvgIpc) is 2.32. The molecule has 0 unspecified atom stereocenters. The highest BCUT2D eigenvalue weighted by Crippen LogP contribution is 2.20. The first kappa shape index (κ1) is 11.9. The van der Waals surface area contributed by atoms with Crippen molar-refractivity contribution >= 4 is 11.6 Å². The zero-order valence-corrected chi connectivity index (χ0v) is 9.36. The van der Waals surface area contributed by atoms with Crippen molar-refractivity contribution in [3.8, 4) is 0 Å². The molecule has 0 saturated carbocycles. The number of benzene rings is 1. The van der Waals surface area contributed by atoms with E-state index in [9.17, 15) is 9.18 Å². The topological polar surface area (TPSA) is 55.6 Å². The fraction of sp³-hybridized carbons (Fsp3) is 0.333. The SMILES string of the molecule is NC(=O)[CH]c1ccc(N2CCOCC2)cc1F. The molecule has 0 atom stereocenters. The molecule has 1 radical (unpaired) electrons. The van der Waals surface area contributed by atoms with E-state index >= 15 is 0 Å². The molecule has 1 saturated heterocycles. The predicted octanol–water partition coefficient (Wildman–Crippen LogP) is 0.700. The zero-order valence-electron chi connectivity index (χ0n) is 9.36. The molecule has 4 nitrogen and oxygen atoms in total. The average molecular weight is 237 g/mol. The number of anilines is 1. The van der Waals surface area contributed by atoms with Crippen LogP contribution in [0.25, 0.3) is 0 Å². The van der Waals surface area contributed by atoms with E-state index in [0.29, 0.717) is 13.2 Å². The molecule has 5 heteroatoms. The summed E-state index contributed by atoms with van der Waals surface area (Å²) < 4.78 is 18.9. The van der Waals surface area contributed by atoms with E-state index < -0.39 is 11.7 Å². The van der Waals surface area contributed by atoms with Gasteiger partial charge in [-0.3, -0.25) is 4.79 Å². The smallest absolute Gasteiger partial charge is 0.226 e. The van der Waals surface area contributed by atoms with Gasteiger partial charge in [0, 0.05) is 24.3 Å². The van der Waals surface area contributed by atoms with Gasteiger partial charge >= 0.3 is 0 Å². The van der Waals surface area contributed by atoms with E-state index in [1.807, 2.05) is 4.90 Å². The summed E-state index contributed by atoms with van der Waals surface area (Å²) in [6.07, 6.45) is 1.08. The predicted molar refractivity (Wildman–Crippen MR) is 62.0 cm³/mol. The lowest BCUT2D eigenvalue weighted by molar-refractivity contribution is -0.114. The minimum absolute atomic E-state index is 0.217. The monoisotopic (exact) mass is 237 g/mol. The van der Waals surface area contributed by atoms with Gasteiger partial charge in [0.1, 0.15) is 5.82 Å². The van der Waals surface area contributed by atoms with Crippen LogP contribution in [0.4, 0.5) is 10.1 Å². The number of hydrogen-bond acceptors (Lipinski definition) is 3. The van der Waals surface area contributed by atoms with Crippen LogP contribution in [0, 0.1) is 12.2 Å². The van der Waals surface area contributed by atoms with Gasteiger partial charge in [0.2, 0.25) is 5.91 Å². The molecule has 0 bridgehead atoms. The molecule has 2 rings (SSSR count). The van der Waals surface area contributed by atoms with E-state index in [1.54, 1.807) is 12.1 Å². The lowest BCUT2D eigenvalue weighted by atomic mass is 10.1. The molecular formula is C12H14FN2O2. The standard InChI is InChI=1S/C12H14FN2O2/c13-11-8-10(15-3-5-17-6-4-15)2-1-9(11)7-12(14)16/h1-2,7-8H,3-6H2,(H2,14,16). The van der Waals surface area contributed by atoms with Crippen molar-refractivity contribution in [2.75, 3.05) is 31.2 Å². The van der Waals surface area contributed by atoms with Gasteiger partial charge in [-0.1, -0.05) is 6.07 Å². The number of morpholine rings is 1. The summed E-state index contributed by atoms with van der Waals surface area (Å²) >= 11 is 0. The Morgan fingerprint density at radius 1 is 1.41 bits per heavy atom. The highest BCUT2D eigenvalue weighted by molar-refractivity contribution is 5.87. The fourth-order valence-electron chi connectivity index (χ4n) is 1.80. The van der Waals surface area contributed by atoms with Crippen molar-refractivity contribution in [3.05, 3.63) is 36.0 Å². The number of nitrogens with zero attached hydrogens (tertiary/aromatic N) is 1. The van der Waals surface area contributed by atoms with Gasteiger partial charge in [-0.25, -0.2) is 4.39 Å². The van der Waals surface area contributed by atoms with Crippen LogP contribution < -0.4 is 10.6 Å². The largest absolute Gasteiger partial charge is 0.378 e. The number of halogens is 1. The van der Waals surface area contributed by atoms with Crippen molar-refractivity contribution in [1.82, 2.24) is 0 Å². The molecule has 0 spiro atoms. The second kappa shape index (κ2) is 5.14. The van der Waals surface area contributed by atoms with E-state index in [2.05, 4.69) is 0 Å². The molecule has 1 aliphatic rings. The number of carbonyl (C=O) groups excluding carboxylic acids is 1. The number of rotatable bonds is 3. The van der Waals surface area contributed by atoms with Crippen molar-refractivity contribution in [1.29, 1.82) is 0 Å². The van der Waals surface area contributed by atoms with E-state index in [-0.39, 0.29) is 5.56 Å². The summed E-state index contributed by atoms with van der Waals surface area (Å²) in [5.41, 5.74) is 6.00. The maximum absolute atomic E-state index is 13.7. The number of hydrogen-bond donors (Lipinski definition) is 1. The summed E-state index contributed by atoms with van der Waals surface area (Å²) in [5, 5.41) is 0. The third-order valence-electron chi connectivity index (χ3n) is 2.66. The first-order chi connectivity index (χ1) is 8.16. The van der Waals surface area contributed by atoms with Gasteiger partial charge in [0.15, 0.2) is 0 Å². The van der Waals surface area contributed by atoms with Crippen molar-refractivity contribution in [2.24, 2.45) is 5.73 Å². The molecule has 17 heavy (non-hydrogen) atoms. The summed E-state index contributed by atoms with van der Waals surface area (Å²) in [4.78, 5) is 12.7. The van der Waals surface area contributed by atoms with Crippen LogP contribution in [0.15, 0.2) is 18.2 Å². The van der Waals surface area contributed by atoms with Gasteiger partial charge in [0.25, 0.3) is 0 Å². The Morgan fingerprint density at radius 3 is 2.71 bits per heavy atom. The summed E-state index contributed by atoms with van der Waals surface area (Å²) in [7, 11) is 0. The Bertz CT molecular complexity index is 417. The third-order valence-corrected chi connectivity index (χ3v) is 2.66. The molecule has 2 N–H and O–H groups in total. The summed E-state index contributed by atoms with van der Waals surface area (Å²) in [6, 6.07) is 4.76. The molecule has 91 valence electrons. The van der Waals surface area contributed by atoms with Gasteiger partial charge in [0.05, 0.1) is 19.6 Å². The Kier molecular flexibility index (Phi) is 3.58. The molecule has 1 aromatic rings. The minimum atomic E-state index is -0.650. The molecular weight excluding hydrogens is 223 g/mol. The number of carbonyl (C=O) groups is 1. The van der Waals surface area contributed by atoms with Gasteiger partial charge < -0.3 is 15.4 Å². The maximum Gasteiger partial charge on any atom is 0.226 e. The van der Waals surface area contributed by atoms with Gasteiger partial charge in [-0.15, -0.1) is 0 Å². The number of amides is 1. The van der Waals surface area contributed by atoms with E-state index in [1.165, 1.54) is 6.07 Å². The van der Waals surface area contributed by atoms with Crippen LogP contribution >= 0.6 is 0 Å². The van der Waals surface area contributed by atoms with Crippen LogP contribution in [0.1, 0.15) is 5.56 Å². The second-order valence-corrected chi connectivity index (χ2v) is 3.85. The quantitative estimate of drug-likeness (QED) is 0.842. The number of ether oxygens (including phenoxy) is 1. The Balaban J connectivity index is 2.14. The molecule has 0 aromatic heterocycles. The molecule has 1 fully saturated rings. The Morgan fingerprint density at radius 2 is 2.12 bits per heavy atom. The molecule has 0 aliphatic carbocycles. The lowest BCUT2D eigenvalue weighted by Crippen LogP contribution is -2.36. The third kappa shape index (κ3) is 2.94. The summed E-state index contributed by atoms with van der Waals surface area (Å²) in [6.45, 7) is 2.80.